The van der Waals surface area contributed by atoms with E-state index >= 15 is 0 Å². The predicted molar refractivity (Wildman–Crippen MR) is 81.4 cm³/mol. The highest BCUT2D eigenvalue weighted by atomic mass is 16.5. The van der Waals surface area contributed by atoms with Gasteiger partial charge in [-0.3, -0.25) is 4.68 Å². The molecule has 6 heteroatoms. The highest BCUT2D eigenvalue weighted by Crippen LogP contribution is 2.23. The van der Waals surface area contributed by atoms with E-state index in [1.54, 1.807) is 18.1 Å². The molecule has 0 fully saturated rings. The summed E-state index contributed by atoms with van der Waals surface area (Å²) in [7, 11) is 3.57. The molecule has 0 aliphatic rings. The van der Waals surface area contributed by atoms with Gasteiger partial charge in [0.05, 0.1) is 12.8 Å². The van der Waals surface area contributed by atoms with Crippen LogP contribution >= 0.6 is 0 Å². The van der Waals surface area contributed by atoms with Gasteiger partial charge in [0.2, 0.25) is 0 Å². The number of methoxy groups -OCH3 is 1. The maximum atomic E-state index is 5.36. The van der Waals surface area contributed by atoms with Crippen LogP contribution in [0.2, 0.25) is 0 Å². The monoisotopic (exact) mass is 283 g/mol. The number of hydrogen-bond donors (Lipinski definition) is 1. The summed E-state index contributed by atoms with van der Waals surface area (Å²) < 4.78 is 7.16. The van der Waals surface area contributed by atoms with Gasteiger partial charge in [0.15, 0.2) is 5.82 Å². The van der Waals surface area contributed by atoms with E-state index in [0.717, 1.165) is 33.9 Å². The molecule has 21 heavy (non-hydrogen) atoms. The average Bonchev–Trinajstić information content (AvgIpc) is 2.81. The summed E-state index contributed by atoms with van der Waals surface area (Å²) in [6.07, 6.45) is 1.56. The number of rotatable bonds is 4. The van der Waals surface area contributed by atoms with Crippen molar-refractivity contribution in [3.63, 3.8) is 0 Å². The fourth-order valence-electron chi connectivity index (χ4n) is 2.43. The van der Waals surface area contributed by atoms with Crippen molar-refractivity contribution in [1.29, 1.82) is 0 Å². The summed E-state index contributed by atoms with van der Waals surface area (Å²) in [6.45, 7) is 2.57. The Kier molecular flexibility index (Phi) is 3.43. The van der Waals surface area contributed by atoms with Crippen molar-refractivity contribution in [2.75, 3.05) is 12.4 Å². The minimum atomic E-state index is 0.625. The van der Waals surface area contributed by atoms with Crippen LogP contribution in [0.15, 0.2) is 30.6 Å². The normalized spacial score (nSPS) is 10.8. The molecule has 0 saturated carbocycles. The molecule has 0 bridgehead atoms. The van der Waals surface area contributed by atoms with E-state index in [9.17, 15) is 0 Å². The highest BCUT2D eigenvalue weighted by molar-refractivity contribution is 5.87. The second-order valence-electron chi connectivity index (χ2n) is 4.79. The number of para-hydroxylation sites is 1. The van der Waals surface area contributed by atoms with Crippen LogP contribution in [-0.2, 0) is 13.6 Å². The molecule has 0 aliphatic carbocycles. The third kappa shape index (κ3) is 2.40. The van der Waals surface area contributed by atoms with Gasteiger partial charge in [-0.15, -0.1) is 0 Å². The maximum absolute atomic E-state index is 5.36. The lowest BCUT2D eigenvalue weighted by molar-refractivity contribution is 0.410. The summed E-state index contributed by atoms with van der Waals surface area (Å²) >= 11 is 0. The Labute approximate surface area is 122 Å². The molecule has 6 nitrogen and oxygen atoms in total. The fraction of sp³-hybridized carbons (Fsp3) is 0.267. The molecule has 1 aromatic carbocycles. The lowest BCUT2D eigenvalue weighted by atomic mass is 10.2. The van der Waals surface area contributed by atoms with Gasteiger partial charge in [0.25, 0.3) is 0 Å². The van der Waals surface area contributed by atoms with Crippen LogP contribution in [0.5, 0.6) is 5.75 Å². The van der Waals surface area contributed by atoms with Crippen LogP contribution in [0.1, 0.15) is 11.3 Å². The fourth-order valence-corrected chi connectivity index (χ4v) is 2.43. The van der Waals surface area contributed by atoms with Gasteiger partial charge in [0, 0.05) is 19.2 Å². The number of anilines is 1. The van der Waals surface area contributed by atoms with Crippen LogP contribution in [0.4, 0.5) is 5.82 Å². The van der Waals surface area contributed by atoms with E-state index < -0.39 is 0 Å². The molecule has 1 N–H and O–H groups in total. The zero-order valence-electron chi connectivity index (χ0n) is 12.3. The number of aromatic nitrogens is 4. The zero-order chi connectivity index (χ0) is 14.8. The van der Waals surface area contributed by atoms with E-state index in [4.69, 9.17) is 4.74 Å². The highest BCUT2D eigenvalue weighted by Gasteiger charge is 2.12. The van der Waals surface area contributed by atoms with Gasteiger partial charge >= 0.3 is 0 Å². The van der Waals surface area contributed by atoms with Crippen LogP contribution in [0, 0.1) is 6.92 Å². The molecule has 0 spiro atoms. The Hall–Kier alpha value is -2.63. The minimum Gasteiger partial charge on any atom is -0.496 e. The Morgan fingerprint density at radius 1 is 1.24 bits per heavy atom. The van der Waals surface area contributed by atoms with Gasteiger partial charge in [-0.2, -0.15) is 5.10 Å². The zero-order valence-corrected chi connectivity index (χ0v) is 12.3. The van der Waals surface area contributed by atoms with Gasteiger partial charge in [0.1, 0.15) is 23.1 Å². The number of nitrogens with zero attached hydrogens (tertiary/aromatic N) is 4. The van der Waals surface area contributed by atoms with Crippen LogP contribution in [0.25, 0.3) is 11.0 Å². The van der Waals surface area contributed by atoms with Gasteiger partial charge in [-0.05, 0) is 13.0 Å². The van der Waals surface area contributed by atoms with Crippen molar-refractivity contribution in [1.82, 2.24) is 19.7 Å². The molecule has 2 heterocycles. The van der Waals surface area contributed by atoms with E-state index in [-0.39, 0.29) is 0 Å². The summed E-state index contributed by atoms with van der Waals surface area (Å²) in [5, 5.41) is 7.73. The summed E-state index contributed by atoms with van der Waals surface area (Å²) in [6, 6.07) is 7.92. The molecule has 0 unspecified atom stereocenters. The molecule has 3 rings (SSSR count). The van der Waals surface area contributed by atoms with Crippen molar-refractivity contribution in [2.24, 2.45) is 7.05 Å². The van der Waals surface area contributed by atoms with E-state index in [1.807, 2.05) is 38.2 Å². The minimum absolute atomic E-state index is 0.625. The molecular weight excluding hydrogens is 266 g/mol. The van der Waals surface area contributed by atoms with E-state index in [0.29, 0.717) is 6.54 Å². The van der Waals surface area contributed by atoms with Crippen LogP contribution in [0.3, 0.4) is 0 Å². The molecule has 0 radical (unpaired) electrons. The first-order valence-electron chi connectivity index (χ1n) is 6.70. The number of benzene rings is 1. The molecule has 2 aromatic heterocycles. The largest absolute Gasteiger partial charge is 0.496 e. The SMILES string of the molecule is COc1ccccc1CNc1ncnc2c(C)nn(C)c12. The van der Waals surface area contributed by atoms with Gasteiger partial charge in [-0.25, -0.2) is 9.97 Å². The Bertz CT molecular complexity index is 781. The smallest absolute Gasteiger partial charge is 0.155 e. The van der Waals surface area contributed by atoms with E-state index in [2.05, 4.69) is 20.4 Å². The molecule has 3 aromatic rings. The first-order valence-corrected chi connectivity index (χ1v) is 6.70. The van der Waals surface area contributed by atoms with Gasteiger partial charge in [-0.1, -0.05) is 18.2 Å². The average molecular weight is 283 g/mol. The number of hydrogen-bond acceptors (Lipinski definition) is 5. The van der Waals surface area contributed by atoms with Crippen molar-refractivity contribution in [3.05, 3.63) is 41.9 Å². The molecule has 0 amide bonds. The number of nitrogens with one attached hydrogen (secondary N) is 1. The molecule has 0 aliphatic heterocycles. The van der Waals surface area contributed by atoms with Crippen LogP contribution in [-0.4, -0.2) is 26.9 Å². The Morgan fingerprint density at radius 2 is 2.05 bits per heavy atom. The maximum Gasteiger partial charge on any atom is 0.155 e. The lowest BCUT2D eigenvalue weighted by Gasteiger charge is -2.10. The summed E-state index contributed by atoms with van der Waals surface area (Å²) in [5.74, 6) is 1.63. The van der Waals surface area contributed by atoms with Gasteiger partial charge < -0.3 is 10.1 Å². The molecule has 0 atom stereocenters. The Morgan fingerprint density at radius 3 is 2.86 bits per heavy atom. The van der Waals surface area contributed by atoms with Crippen molar-refractivity contribution in [3.8, 4) is 5.75 Å². The molecule has 0 saturated heterocycles. The topological polar surface area (TPSA) is 64.9 Å². The second-order valence-corrected chi connectivity index (χ2v) is 4.79. The van der Waals surface area contributed by atoms with Crippen molar-refractivity contribution < 1.29 is 4.74 Å². The summed E-state index contributed by atoms with van der Waals surface area (Å²) in [5.41, 5.74) is 3.75. The third-order valence-electron chi connectivity index (χ3n) is 3.43. The molecule has 108 valence electrons. The van der Waals surface area contributed by atoms with Crippen molar-refractivity contribution >= 4 is 16.9 Å². The van der Waals surface area contributed by atoms with Crippen LogP contribution < -0.4 is 10.1 Å². The Balaban J connectivity index is 1.92. The van der Waals surface area contributed by atoms with Crippen molar-refractivity contribution in [2.45, 2.75) is 13.5 Å². The summed E-state index contributed by atoms with van der Waals surface area (Å²) in [4.78, 5) is 8.62. The first kappa shape index (κ1) is 13.4. The second kappa shape index (κ2) is 5.40. The molecular formula is C15H17N5O. The predicted octanol–water partition coefficient (Wildman–Crippen LogP) is 2.29. The number of aryl methyl sites for hydroxylation is 2. The standard InChI is InChI=1S/C15H17N5O/c1-10-13-14(20(2)19-10)15(18-9-17-13)16-8-11-6-4-5-7-12(11)21-3/h4-7,9H,8H2,1-3H3,(H,16,17,18). The lowest BCUT2D eigenvalue weighted by Crippen LogP contribution is -2.05. The first-order chi connectivity index (χ1) is 10.2. The number of fused-ring (bicyclic) bond motifs is 1. The van der Waals surface area contributed by atoms with E-state index in [1.165, 1.54) is 0 Å². The third-order valence-corrected chi connectivity index (χ3v) is 3.43. The quantitative estimate of drug-likeness (QED) is 0.796. The number of ether oxygens (including phenoxy) is 1.